The number of aliphatic carboxylic acids is 1. The second kappa shape index (κ2) is 4.25. The van der Waals surface area contributed by atoms with Crippen molar-refractivity contribution in [3.63, 3.8) is 0 Å². The van der Waals surface area contributed by atoms with Crippen LogP contribution in [0, 0.1) is 0 Å². The van der Waals surface area contributed by atoms with E-state index in [2.05, 4.69) is 9.97 Å². The van der Waals surface area contributed by atoms with Gasteiger partial charge in [-0.15, -0.1) is 0 Å². The second-order valence-corrected chi connectivity index (χ2v) is 4.40. The molecule has 1 aliphatic rings. The van der Waals surface area contributed by atoms with Crippen molar-refractivity contribution in [2.45, 2.75) is 18.9 Å². The van der Waals surface area contributed by atoms with Gasteiger partial charge in [0.15, 0.2) is 0 Å². The predicted molar refractivity (Wildman–Crippen MR) is 67.5 cm³/mol. The van der Waals surface area contributed by atoms with Gasteiger partial charge in [-0.05, 0) is 25.0 Å². The van der Waals surface area contributed by atoms with Crippen LogP contribution in [0.5, 0.6) is 0 Å². The summed E-state index contributed by atoms with van der Waals surface area (Å²) in [6.45, 7) is 0.734. The summed E-state index contributed by atoms with van der Waals surface area (Å²) in [4.78, 5) is 21.6. The molecule has 0 unspecified atom stereocenters. The smallest absolute Gasteiger partial charge is 0.326 e. The SMILES string of the molecule is O=C(O)[C@H]1CCCN1c1ncnc2ccccc12. The van der Waals surface area contributed by atoms with Gasteiger partial charge < -0.3 is 10.0 Å². The lowest BCUT2D eigenvalue weighted by atomic mass is 10.2. The van der Waals surface area contributed by atoms with Crippen molar-refractivity contribution < 1.29 is 9.90 Å². The summed E-state index contributed by atoms with van der Waals surface area (Å²) in [7, 11) is 0. The number of rotatable bonds is 2. The molecule has 3 rings (SSSR count). The number of hydrogen-bond acceptors (Lipinski definition) is 4. The second-order valence-electron chi connectivity index (χ2n) is 4.40. The first-order chi connectivity index (χ1) is 8.77. The average Bonchev–Trinajstić information content (AvgIpc) is 2.87. The van der Waals surface area contributed by atoms with Crippen LogP contribution < -0.4 is 4.90 Å². The van der Waals surface area contributed by atoms with Crippen LogP contribution in [0.4, 0.5) is 5.82 Å². The molecule has 5 heteroatoms. The minimum atomic E-state index is -0.782. The van der Waals surface area contributed by atoms with Gasteiger partial charge in [0, 0.05) is 11.9 Å². The molecule has 0 amide bonds. The molecule has 2 heterocycles. The number of benzene rings is 1. The third kappa shape index (κ3) is 1.68. The van der Waals surface area contributed by atoms with E-state index in [-0.39, 0.29) is 0 Å². The van der Waals surface area contributed by atoms with E-state index >= 15 is 0 Å². The summed E-state index contributed by atoms with van der Waals surface area (Å²) in [5.41, 5.74) is 0.846. The quantitative estimate of drug-likeness (QED) is 0.869. The van der Waals surface area contributed by atoms with E-state index in [4.69, 9.17) is 0 Å². The van der Waals surface area contributed by atoms with Crippen LogP contribution in [0.2, 0.25) is 0 Å². The van der Waals surface area contributed by atoms with Gasteiger partial charge in [-0.1, -0.05) is 12.1 Å². The molecular formula is C13H13N3O2. The minimum Gasteiger partial charge on any atom is -0.480 e. The summed E-state index contributed by atoms with van der Waals surface area (Å²) in [5, 5.41) is 10.1. The number of carboxylic acids is 1. The zero-order valence-corrected chi connectivity index (χ0v) is 9.78. The molecule has 1 N–H and O–H groups in total. The van der Waals surface area contributed by atoms with Crippen molar-refractivity contribution in [3.8, 4) is 0 Å². The Kier molecular flexibility index (Phi) is 2.59. The van der Waals surface area contributed by atoms with Crippen molar-refractivity contribution in [1.82, 2.24) is 9.97 Å². The summed E-state index contributed by atoms with van der Waals surface area (Å²) in [5.74, 6) is -0.0549. The normalized spacial score (nSPS) is 19.3. The zero-order valence-electron chi connectivity index (χ0n) is 9.78. The number of anilines is 1. The van der Waals surface area contributed by atoms with Gasteiger partial charge in [0.05, 0.1) is 5.52 Å². The van der Waals surface area contributed by atoms with Gasteiger partial charge in [-0.3, -0.25) is 0 Å². The first-order valence-electron chi connectivity index (χ1n) is 5.96. The highest BCUT2D eigenvalue weighted by Gasteiger charge is 2.32. The Balaban J connectivity index is 2.11. The number of para-hydroxylation sites is 1. The van der Waals surface area contributed by atoms with Gasteiger partial charge >= 0.3 is 5.97 Å². The number of aromatic nitrogens is 2. The zero-order chi connectivity index (χ0) is 12.5. The maximum absolute atomic E-state index is 11.2. The van der Waals surface area contributed by atoms with Gasteiger partial charge in [-0.25, -0.2) is 14.8 Å². The Hall–Kier alpha value is -2.17. The van der Waals surface area contributed by atoms with Gasteiger partial charge in [0.2, 0.25) is 0 Å². The molecule has 1 aromatic carbocycles. The van der Waals surface area contributed by atoms with Crippen molar-refractivity contribution in [2.75, 3.05) is 11.4 Å². The number of carbonyl (C=O) groups is 1. The summed E-state index contributed by atoms with van der Waals surface area (Å²) in [6, 6.07) is 7.20. The fourth-order valence-electron chi connectivity index (χ4n) is 2.50. The molecule has 1 aromatic heterocycles. The highest BCUT2D eigenvalue weighted by molar-refractivity contribution is 5.91. The molecule has 5 nitrogen and oxygen atoms in total. The predicted octanol–water partition coefficient (Wildman–Crippen LogP) is 1.68. The maximum atomic E-state index is 11.2. The first-order valence-corrected chi connectivity index (χ1v) is 5.96. The van der Waals surface area contributed by atoms with Crippen molar-refractivity contribution in [1.29, 1.82) is 0 Å². The summed E-state index contributed by atoms with van der Waals surface area (Å²) < 4.78 is 0. The third-order valence-electron chi connectivity index (χ3n) is 3.33. The molecule has 0 bridgehead atoms. The van der Waals surface area contributed by atoms with E-state index in [0.29, 0.717) is 6.42 Å². The molecular weight excluding hydrogens is 230 g/mol. The summed E-state index contributed by atoms with van der Waals surface area (Å²) in [6.07, 6.45) is 3.05. The highest BCUT2D eigenvalue weighted by atomic mass is 16.4. The molecule has 0 spiro atoms. The molecule has 0 aliphatic carbocycles. The van der Waals surface area contributed by atoms with Gasteiger partial charge in [0.1, 0.15) is 18.2 Å². The Morgan fingerprint density at radius 2 is 2.17 bits per heavy atom. The summed E-state index contributed by atoms with van der Waals surface area (Å²) >= 11 is 0. The molecule has 92 valence electrons. The van der Waals surface area contributed by atoms with E-state index in [1.54, 1.807) is 0 Å². The van der Waals surface area contributed by atoms with Crippen molar-refractivity contribution in [3.05, 3.63) is 30.6 Å². The highest BCUT2D eigenvalue weighted by Crippen LogP contribution is 2.29. The Labute approximate surface area is 104 Å². The van der Waals surface area contributed by atoms with E-state index in [1.807, 2.05) is 29.2 Å². The van der Waals surface area contributed by atoms with Crippen molar-refractivity contribution in [2.24, 2.45) is 0 Å². The van der Waals surface area contributed by atoms with E-state index in [0.717, 1.165) is 29.7 Å². The van der Waals surface area contributed by atoms with Crippen LogP contribution in [0.3, 0.4) is 0 Å². The van der Waals surface area contributed by atoms with E-state index in [9.17, 15) is 9.90 Å². The molecule has 0 radical (unpaired) electrons. The standard InChI is InChI=1S/C13H13N3O2/c17-13(18)11-6-3-7-16(11)12-9-4-1-2-5-10(9)14-8-15-12/h1-2,4-5,8,11H,3,6-7H2,(H,17,18)/t11-/m1/s1. The fourth-order valence-corrected chi connectivity index (χ4v) is 2.50. The Morgan fingerprint density at radius 3 is 3.00 bits per heavy atom. The van der Waals surface area contributed by atoms with Gasteiger partial charge in [0.25, 0.3) is 0 Å². The lowest BCUT2D eigenvalue weighted by molar-refractivity contribution is -0.138. The van der Waals surface area contributed by atoms with Crippen LogP contribution in [-0.4, -0.2) is 33.6 Å². The van der Waals surface area contributed by atoms with Crippen LogP contribution in [-0.2, 0) is 4.79 Å². The van der Waals surface area contributed by atoms with Crippen molar-refractivity contribution >= 4 is 22.7 Å². The largest absolute Gasteiger partial charge is 0.480 e. The minimum absolute atomic E-state index is 0.469. The first kappa shape index (κ1) is 11.0. The number of fused-ring (bicyclic) bond motifs is 1. The molecule has 1 saturated heterocycles. The maximum Gasteiger partial charge on any atom is 0.326 e. The average molecular weight is 243 g/mol. The van der Waals surface area contributed by atoms with Crippen LogP contribution in [0.25, 0.3) is 10.9 Å². The van der Waals surface area contributed by atoms with E-state index in [1.165, 1.54) is 6.33 Å². The monoisotopic (exact) mass is 243 g/mol. The molecule has 0 saturated carbocycles. The Bertz CT molecular complexity index is 594. The van der Waals surface area contributed by atoms with Crippen LogP contribution in [0.15, 0.2) is 30.6 Å². The topological polar surface area (TPSA) is 66.3 Å². The number of nitrogens with zero attached hydrogens (tertiary/aromatic N) is 3. The molecule has 2 aromatic rings. The third-order valence-corrected chi connectivity index (χ3v) is 3.33. The number of hydrogen-bond donors (Lipinski definition) is 1. The molecule has 18 heavy (non-hydrogen) atoms. The van der Waals surface area contributed by atoms with Crippen LogP contribution >= 0.6 is 0 Å². The molecule has 1 atom stereocenters. The van der Waals surface area contributed by atoms with E-state index < -0.39 is 12.0 Å². The van der Waals surface area contributed by atoms with Gasteiger partial charge in [-0.2, -0.15) is 0 Å². The lowest BCUT2D eigenvalue weighted by Gasteiger charge is -2.23. The van der Waals surface area contributed by atoms with Crippen LogP contribution in [0.1, 0.15) is 12.8 Å². The Morgan fingerprint density at radius 1 is 1.33 bits per heavy atom. The molecule has 1 aliphatic heterocycles. The number of carboxylic acid groups (broad SMARTS) is 1. The molecule has 1 fully saturated rings. The fraction of sp³-hybridized carbons (Fsp3) is 0.308. The lowest BCUT2D eigenvalue weighted by Crippen LogP contribution is -2.36.